The van der Waals surface area contributed by atoms with Crippen LogP contribution in [0.2, 0.25) is 0 Å². The van der Waals surface area contributed by atoms with Gasteiger partial charge in [0.05, 0.1) is 17.1 Å². The van der Waals surface area contributed by atoms with Gasteiger partial charge in [0, 0.05) is 12.4 Å². The van der Waals surface area contributed by atoms with E-state index in [2.05, 4.69) is 31.2 Å². The fraction of sp³-hybridized carbons (Fsp3) is 0.167. The molecule has 0 amide bonds. The van der Waals surface area contributed by atoms with Crippen LogP contribution in [-0.4, -0.2) is 21.7 Å². The zero-order chi connectivity index (χ0) is 12.1. The summed E-state index contributed by atoms with van der Waals surface area (Å²) in [6, 6.07) is 9.51. The van der Waals surface area contributed by atoms with Crippen molar-refractivity contribution in [3.8, 4) is 0 Å². The number of nitrogens with one attached hydrogen (secondary N) is 1. The fourth-order valence-corrected chi connectivity index (χ4v) is 1.67. The minimum atomic E-state index is -0.197. The van der Waals surface area contributed by atoms with Crippen molar-refractivity contribution in [2.45, 2.75) is 6.04 Å². The Morgan fingerprint density at radius 1 is 1.18 bits per heavy atom. The van der Waals surface area contributed by atoms with Gasteiger partial charge in [0.2, 0.25) is 5.95 Å². The molecule has 0 aliphatic heterocycles. The first kappa shape index (κ1) is 12.0. The van der Waals surface area contributed by atoms with Gasteiger partial charge >= 0.3 is 0 Å². The van der Waals surface area contributed by atoms with E-state index < -0.39 is 0 Å². The monoisotopic (exact) mass is 293 g/mol. The average molecular weight is 294 g/mol. The second-order valence-electron chi connectivity index (χ2n) is 3.52. The van der Waals surface area contributed by atoms with E-state index in [1.165, 1.54) is 0 Å². The Balaban J connectivity index is 2.13. The van der Waals surface area contributed by atoms with Crippen molar-refractivity contribution in [1.29, 1.82) is 0 Å². The maximum Gasteiger partial charge on any atom is 0.223 e. The third kappa shape index (κ3) is 3.25. The van der Waals surface area contributed by atoms with Crippen molar-refractivity contribution >= 4 is 21.9 Å². The van der Waals surface area contributed by atoms with Crippen LogP contribution < -0.4 is 5.32 Å². The fourth-order valence-electron chi connectivity index (χ4n) is 1.46. The molecule has 0 saturated heterocycles. The van der Waals surface area contributed by atoms with Crippen LogP contribution in [0.4, 0.5) is 5.95 Å². The minimum Gasteiger partial charge on any atom is -0.394 e. The SMILES string of the molecule is OCC(Nc1ncc(Br)cn1)c1ccccc1. The zero-order valence-electron chi connectivity index (χ0n) is 9.05. The number of nitrogens with zero attached hydrogens (tertiary/aromatic N) is 2. The number of rotatable bonds is 4. The molecule has 1 aromatic heterocycles. The summed E-state index contributed by atoms with van der Waals surface area (Å²) >= 11 is 3.27. The molecule has 1 heterocycles. The molecule has 0 bridgehead atoms. The van der Waals surface area contributed by atoms with Gasteiger partial charge in [-0.3, -0.25) is 0 Å². The molecule has 0 fully saturated rings. The molecule has 2 N–H and O–H groups in total. The molecule has 0 aliphatic carbocycles. The van der Waals surface area contributed by atoms with E-state index in [-0.39, 0.29) is 12.6 Å². The summed E-state index contributed by atoms with van der Waals surface area (Å²) in [5, 5.41) is 12.4. The maximum atomic E-state index is 9.37. The Labute approximate surface area is 108 Å². The molecule has 1 atom stereocenters. The van der Waals surface area contributed by atoms with Crippen LogP contribution >= 0.6 is 15.9 Å². The number of aliphatic hydroxyl groups excluding tert-OH is 1. The molecule has 2 aromatic rings. The Kier molecular flexibility index (Phi) is 4.06. The Morgan fingerprint density at radius 2 is 1.82 bits per heavy atom. The number of halogens is 1. The summed E-state index contributed by atoms with van der Waals surface area (Å²) in [5.41, 5.74) is 1.00. The van der Waals surface area contributed by atoms with Gasteiger partial charge in [0.25, 0.3) is 0 Å². The van der Waals surface area contributed by atoms with Gasteiger partial charge in [-0.2, -0.15) is 0 Å². The molecule has 0 radical (unpaired) electrons. The van der Waals surface area contributed by atoms with Crippen LogP contribution in [-0.2, 0) is 0 Å². The highest BCUT2D eigenvalue weighted by Crippen LogP contribution is 2.16. The first-order valence-electron chi connectivity index (χ1n) is 5.19. The summed E-state index contributed by atoms with van der Waals surface area (Å²) in [5.74, 6) is 0.496. The number of anilines is 1. The van der Waals surface area contributed by atoms with E-state index in [0.717, 1.165) is 10.0 Å². The standard InChI is InChI=1S/C12H12BrN3O/c13-10-6-14-12(15-7-10)16-11(8-17)9-4-2-1-3-5-9/h1-7,11,17H,8H2,(H,14,15,16). The number of hydrogen-bond donors (Lipinski definition) is 2. The van der Waals surface area contributed by atoms with Crippen molar-refractivity contribution in [3.63, 3.8) is 0 Å². The second-order valence-corrected chi connectivity index (χ2v) is 4.43. The van der Waals surface area contributed by atoms with Crippen molar-refractivity contribution in [1.82, 2.24) is 9.97 Å². The van der Waals surface area contributed by atoms with Crippen molar-refractivity contribution in [3.05, 3.63) is 52.8 Å². The summed E-state index contributed by atoms with van der Waals surface area (Å²) in [6.07, 6.45) is 3.32. The van der Waals surface area contributed by atoms with E-state index in [1.54, 1.807) is 12.4 Å². The predicted octanol–water partition coefficient (Wildman–Crippen LogP) is 2.38. The van der Waals surface area contributed by atoms with Crippen LogP contribution in [0, 0.1) is 0 Å². The van der Waals surface area contributed by atoms with Crippen LogP contribution in [0.25, 0.3) is 0 Å². The van der Waals surface area contributed by atoms with Gasteiger partial charge in [-0.25, -0.2) is 9.97 Å². The van der Waals surface area contributed by atoms with Gasteiger partial charge in [-0.15, -0.1) is 0 Å². The van der Waals surface area contributed by atoms with E-state index in [4.69, 9.17) is 0 Å². The van der Waals surface area contributed by atoms with E-state index in [1.807, 2.05) is 30.3 Å². The van der Waals surface area contributed by atoms with E-state index in [9.17, 15) is 5.11 Å². The Bertz CT molecular complexity index is 461. The number of benzene rings is 1. The molecule has 1 unspecified atom stereocenters. The highest BCUT2D eigenvalue weighted by molar-refractivity contribution is 9.10. The third-order valence-electron chi connectivity index (χ3n) is 2.31. The molecule has 17 heavy (non-hydrogen) atoms. The predicted molar refractivity (Wildman–Crippen MR) is 69.6 cm³/mol. The molecule has 0 aliphatic rings. The number of aromatic nitrogens is 2. The molecule has 4 nitrogen and oxygen atoms in total. The number of aliphatic hydroxyl groups is 1. The molecule has 1 aromatic carbocycles. The Hall–Kier alpha value is -1.46. The quantitative estimate of drug-likeness (QED) is 0.909. The molecule has 2 rings (SSSR count). The van der Waals surface area contributed by atoms with Crippen LogP contribution in [0.3, 0.4) is 0 Å². The molecule has 0 saturated carbocycles. The lowest BCUT2D eigenvalue weighted by molar-refractivity contribution is 0.276. The third-order valence-corrected chi connectivity index (χ3v) is 2.72. The lowest BCUT2D eigenvalue weighted by Crippen LogP contribution is -2.16. The summed E-state index contributed by atoms with van der Waals surface area (Å²) in [7, 11) is 0. The molecule has 88 valence electrons. The van der Waals surface area contributed by atoms with Gasteiger partial charge in [0.15, 0.2) is 0 Å². The highest BCUT2D eigenvalue weighted by atomic mass is 79.9. The van der Waals surface area contributed by atoms with Gasteiger partial charge in [-0.05, 0) is 21.5 Å². The van der Waals surface area contributed by atoms with Crippen LogP contribution in [0.1, 0.15) is 11.6 Å². The van der Waals surface area contributed by atoms with Gasteiger partial charge < -0.3 is 10.4 Å². The van der Waals surface area contributed by atoms with E-state index >= 15 is 0 Å². The van der Waals surface area contributed by atoms with Crippen molar-refractivity contribution in [2.24, 2.45) is 0 Å². The van der Waals surface area contributed by atoms with Crippen molar-refractivity contribution < 1.29 is 5.11 Å². The molecular weight excluding hydrogens is 282 g/mol. The largest absolute Gasteiger partial charge is 0.394 e. The van der Waals surface area contributed by atoms with Gasteiger partial charge in [0.1, 0.15) is 0 Å². The summed E-state index contributed by atoms with van der Waals surface area (Å²) in [6.45, 7) is -0.0105. The van der Waals surface area contributed by atoms with Crippen molar-refractivity contribution in [2.75, 3.05) is 11.9 Å². The average Bonchev–Trinajstić information content (AvgIpc) is 2.39. The van der Waals surface area contributed by atoms with Crippen LogP contribution in [0.5, 0.6) is 0 Å². The molecule has 5 heteroatoms. The zero-order valence-corrected chi connectivity index (χ0v) is 10.6. The topological polar surface area (TPSA) is 58.0 Å². The molecule has 0 spiro atoms. The van der Waals surface area contributed by atoms with Gasteiger partial charge in [-0.1, -0.05) is 30.3 Å². The lowest BCUT2D eigenvalue weighted by Gasteiger charge is -2.16. The normalized spacial score (nSPS) is 12.1. The maximum absolute atomic E-state index is 9.37. The summed E-state index contributed by atoms with van der Waals surface area (Å²) in [4.78, 5) is 8.22. The highest BCUT2D eigenvalue weighted by Gasteiger charge is 2.10. The number of hydrogen-bond acceptors (Lipinski definition) is 4. The first-order valence-corrected chi connectivity index (χ1v) is 5.99. The lowest BCUT2D eigenvalue weighted by atomic mass is 10.1. The van der Waals surface area contributed by atoms with Crippen LogP contribution in [0.15, 0.2) is 47.2 Å². The summed E-state index contributed by atoms with van der Waals surface area (Å²) < 4.78 is 0.823. The first-order chi connectivity index (χ1) is 8.29. The minimum absolute atomic E-state index is 0.0105. The second kappa shape index (κ2) is 5.75. The Morgan fingerprint density at radius 3 is 2.41 bits per heavy atom. The smallest absolute Gasteiger partial charge is 0.223 e. The van der Waals surface area contributed by atoms with E-state index in [0.29, 0.717) is 5.95 Å². The molecular formula is C12H12BrN3O.